The average Bonchev–Trinajstić information content (AvgIpc) is 3.52. The number of nitrogens with zero attached hydrogens (tertiary/aromatic N) is 4. The molecular weight excluding hydrogens is 460 g/mol. The van der Waals surface area contributed by atoms with Crippen molar-refractivity contribution in [2.45, 2.75) is 12.2 Å². The largest absolute Gasteiger partial charge is 0.494 e. The van der Waals surface area contributed by atoms with Crippen molar-refractivity contribution in [3.8, 4) is 34.7 Å². The number of sulfone groups is 1. The molecule has 0 spiro atoms. The van der Waals surface area contributed by atoms with Gasteiger partial charge in [-0.1, -0.05) is 12.1 Å². The standard InChI is InChI=1S/C23H24N4O6S/c1-30-17-6-4-7-18(31-2)22(17)27-20(25-26-23(27)19-8-5-12-33-19)15-34(28,29)13-11-16-9-10-21(32-3)24-14-16/h4-10,12,14H,11,13,15H2,1-3H3. The summed E-state index contributed by atoms with van der Waals surface area (Å²) in [6.07, 6.45) is 3.41. The molecule has 0 aliphatic rings. The van der Waals surface area contributed by atoms with Crippen LogP contribution in [0.25, 0.3) is 17.3 Å². The van der Waals surface area contributed by atoms with Crippen LogP contribution in [0.15, 0.2) is 59.3 Å². The van der Waals surface area contributed by atoms with E-state index in [-0.39, 0.29) is 17.3 Å². The van der Waals surface area contributed by atoms with Gasteiger partial charge in [0, 0.05) is 12.3 Å². The van der Waals surface area contributed by atoms with Gasteiger partial charge >= 0.3 is 0 Å². The number of furan rings is 1. The van der Waals surface area contributed by atoms with Gasteiger partial charge in [-0.2, -0.15) is 0 Å². The van der Waals surface area contributed by atoms with Crippen molar-refractivity contribution in [3.63, 3.8) is 0 Å². The summed E-state index contributed by atoms with van der Waals surface area (Å²) in [5.41, 5.74) is 1.27. The summed E-state index contributed by atoms with van der Waals surface area (Å²) in [6.45, 7) is 0. The molecule has 0 fully saturated rings. The molecule has 0 saturated heterocycles. The molecule has 0 aliphatic carbocycles. The number of methoxy groups -OCH3 is 3. The first kappa shape index (κ1) is 23.3. The normalized spacial score (nSPS) is 11.4. The van der Waals surface area contributed by atoms with Crippen LogP contribution in [0.4, 0.5) is 0 Å². The van der Waals surface area contributed by atoms with Crippen LogP contribution < -0.4 is 14.2 Å². The number of aryl methyl sites for hydroxylation is 1. The second kappa shape index (κ2) is 9.96. The van der Waals surface area contributed by atoms with E-state index in [0.717, 1.165) is 5.56 Å². The molecule has 3 aromatic heterocycles. The fourth-order valence-electron chi connectivity index (χ4n) is 3.48. The van der Waals surface area contributed by atoms with Gasteiger partial charge in [-0.25, -0.2) is 13.4 Å². The van der Waals surface area contributed by atoms with E-state index in [1.54, 1.807) is 53.2 Å². The number of hydrogen-bond donors (Lipinski definition) is 0. The summed E-state index contributed by atoms with van der Waals surface area (Å²) in [5.74, 6) is 1.94. The maximum atomic E-state index is 13.1. The third-order valence-corrected chi connectivity index (χ3v) is 6.68. The highest BCUT2D eigenvalue weighted by molar-refractivity contribution is 7.90. The fourth-order valence-corrected chi connectivity index (χ4v) is 4.76. The van der Waals surface area contributed by atoms with Gasteiger partial charge in [0.1, 0.15) is 22.9 Å². The molecule has 0 unspecified atom stereocenters. The van der Waals surface area contributed by atoms with E-state index >= 15 is 0 Å². The molecule has 11 heteroatoms. The lowest BCUT2D eigenvalue weighted by molar-refractivity contribution is 0.390. The van der Waals surface area contributed by atoms with Crippen LogP contribution in [-0.4, -0.2) is 55.2 Å². The molecule has 0 N–H and O–H groups in total. The van der Waals surface area contributed by atoms with Gasteiger partial charge in [0.15, 0.2) is 21.4 Å². The highest BCUT2D eigenvalue weighted by Gasteiger charge is 2.26. The quantitative estimate of drug-likeness (QED) is 0.334. The Bertz CT molecular complexity index is 1330. The molecule has 0 saturated carbocycles. The first-order valence-electron chi connectivity index (χ1n) is 10.3. The molecule has 0 atom stereocenters. The number of hydrogen-bond acceptors (Lipinski definition) is 9. The van der Waals surface area contributed by atoms with E-state index in [1.165, 1.54) is 27.6 Å². The SMILES string of the molecule is COc1ccc(CCS(=O)(=O)Cc2nnc(-c3ccco3)n2-c2c(OC)cccc2OC)cn1. The van der Waals surface area contributed by atoms with E-state index in [9.17, 15) is 8.42 Å². The predicted octanol–water partition coefficient (Wildman–Crippen LogP) is 3.11. The summed E-state index contributed by atoms with van der Waals surface area (Å²) >= 11 is 0. The zero-order valence-electron chi connectivity index (χ0n) is 19.0. The minimum Gasteiger partial charge on any atom is -0.494 e. The molecule has 0 radical (unpaired) electrons. The van der Waals surface area contributed by atoms with Gasteiger partial charge in [0.25, 0.3) is 0 Å². The maximum absolute atomic E-state index is 13.1. The summed E-state index contributed by atoms with van der Waals surface area (Å²) in [7, 11) is 1.00. The average molecular weight is 485 g/mol. The lowest BCUT2D eigenvalue weighted by Crippen LogP contribution is -2.16. The van der Waals surface area contributed by atoms with E-state index < -0.39 is 9.84 Å². The van der Waals surface area contributed by atoms with E-state index in [2.05, 4.69) is 15.2 Å². The fraction of sp³-hybridized carbons (Fsp3) is 0.261. The number of para-hydroxylation sites is 1. The van der Waals surface area contributed by atoms with E-state index in [0.29, 0.717) is 41.1 Å². The number of ether oxygens (including phenoxy) is 3. The Morgan fingerprint density at radius 3 is 2.29 bits per heavy atom. The number of benzene rings is 1. The van der Waals surface area contributed by atoms with Crippen LogP contribution in [0.2, 0.25) is 0 Å². The number of aromatic nitrogens is 4. The summed E-state index contributed by atoms with van der Waals surface area (Å²) in [6, 6.07) is 12.2. The Morgan fingerprint density at radius 1 is 0.941 bits per heavy atom. The van der Waals surface area contributed by atoms with Gasteiger partial charge in [-0.15, -0.1) is 10.2 Å². The predicted molar refractivity (Wildman–Crippen MR) is 124 cm³/mol. The second-order valence-corrected chi connectivity index (χ2v) is 9.50. The zero-order chi connectivity index (χ0) is 24.1. The number of rotatable bonds is 10. The van der Waals surface area contributed by atoms with Crippen molar-refractivity contribution in [1.82, 2.24) is 19.7 Å². The Kier molecular flexibility index (Phi) is 6.82. The minimum absolute atomic E-state index is 0.0903. The van der Waals surface area contributed by atoms with Crippen molar-refractivity contribution in [2.24, 2.45) is 0 Å². The summed E-state index contributed by atoms with van der Waals surface area (Å²) in [5, 5.41) is 8.42. The molecular formula is C23H24N4O6S. The Hall–Kier alpha value is -3.86. The highest BCUT2D eigenvalue weighted by atomic mass is 32.2. The van der Waals surface area contributed by atoms with Crippen molar-refractivity contribution in [2.75, 3.05) is 27.1 Å². The van der Waals surface area contributed by atoms with Crippen molar-refractivity contribution < 1.29 is 27.0 Å². The molecule has 178 valence electrons. The maximum Gasteiger partial charge on any atom is 0.212 e. The minimum atomic E-state index is -3.57. The van der Waals surface area contributed by atoms with Crippen LogP contribution in [0.1, 0.15) is 11.4 Å². The van der Waals surface area contributed by atoms with E-state index in [4.69, 9.17) is 18.6 Å². The van der Waals surface area contributed by atoms with Crippen LogP contribution >= 0.6 is 0 Å². The molecule has 0 bridgehead atoms. The molecule has 34 heavy (non-hydrogen) atoms. The second-order valence-electron chi connectivity index (χ2n) is 7.31. The summed E-state index contributed by atoms with van der Waals surface area (Å²) in [4.78, 5) is 4.12. The molecule has 4 rings (SSSR count). The monoisotopic (exact) mass is 484 g/mol. The zero-order valence-corrected chi connectivity index (χ0v) is 19.8. The third kappa shape index (κ3) is 4.88. The van der Waals surface area contributed by atoms with Crippen LogP contribution in [0.5, 0.6) is 17.4 Å². The highest BCUT2D eigenvalue weighted by Crippen LogP contribution is 2.36. The first-order chi connectivity index (χ1) is 16.5. The van der Waals surface area contributed by atoms with Gasteiger partial charge in [-0.05, 0) is 36.2 Å². The van der Waals surface area contributed by atoms with E-state index in [1.807, 2.05) is 0 Å². The third-order valence-electron chi connectivity index (χ3n) is 5.15. The lowest BCUT2D eigenvalue weighted by atomic mass is 10.2. The van der Waals surface area contributed by atoms with Gasteiger partial charge in [0.05, 0.1) is 33.3 Å². The summed E-state index contributed by atoms with van der Waals surface area (Å²) < 4.78 is 49.4. The van der Waals surface area contributed by atoms with Crippen LogP contribution in [-0.2, 0) is 22.0 Å². The molecule has 0 aliphatic heterocycles. The lowest BCUT2D eigenvalue weighted by Gasteiger charge is -2.16. The van der Waals surface area contributed by atoms with Crippen molar-refractivity contribution >= 4 is 9.84 Å². The Balaban J connectivity index is 1.70. The van der Waals surface area contributed by atoms with Gasteiger partial charge < -0.3 is 18.6 Å². The molecule has 1 aromatic carbocycles. The Labute approximate surface area is 197 Å². The molecule has 4 aromatic rings. The smallest absolute Gasteiger partial charge is 0.212 e. The molecule has 0 amide bonds. The molecule has 10 nitrogen and oxygen atoms in total. The molecule has 3 heterocycles. The van der Waals surface area contributed by atoms with Crippen LogP contribution in [0, 0.1) is 0 Å². The van der Waals surface area contributed by atoms with Crippen molar-refractivity contribution in [1.29, 1.82) is 0 Å². The van der Waals surface area contributed by atoms with Gasteiger partial charge in [-0.3, -0.25) is 4.57 Å². The first-order valence-corrected chi connectivity index (χ1v) is 12.2. The van der Waals surface area contributed by atoms with Crippen molar-refractivity contribution in [3.05, 3.63) is 66.3 Å². The number of pyridine rings is 1. The van der Waals surface area contributed by atoms with Gasteiger partial charge in [0.2, 0.25) is 11.7 Å². The topological polar surface area (TPSA) is 119 Å². The Morgan fingerprint density at radius 2 is 1.71 bits per heavy atom. The van der Waals surface area contributed by atoms with Crippen LogP contribution in [0.3, 0.4) is 0 Å².